The second-order valence-electron chi connectivity index (χ2n) is 17.8. The van der Waals surface area contributed by atoms with Gasteiger partial charge in [0.2, 0.25) is 0 Å². The first-order valence-electron chi connectivity index (χ1n) is 25.8. The quantitative estimate of drug-likeness (QED) is 0.0492. The summed E-state index contributed by atoms with van der Waals surface area (Å²) in [5.41, 5.74) is 0. The first-order valence-corrected chi connectivity index (χ1v) is 27.3. The standard InChI is InChI=1S/C50H104NO3P/c1-4-7-10-12-14-16-18-20-22-24-26-28-30-32-34-36-38-40-42-44-46-48-51(55(52,53)54-50-9-6-3)49-47-45-43-41-39-37-35-33-31-29-27-25-23-21-19-17-15-13-11-8-5-2/h4-50H2,1-3H3,(H,52,53). The van der Waals surface area contributed by atoms with Gasteiger partial charge in [-0.2, -0.15) is 0 Å². The van der Waals surface area contributed by atoms with Crippen LogP contribution in [0.25, 0.3) is 0 Å². The molecule has 0 bridgehead atoms. The van der Waals surface area contributed by atoms with Crippen molar-refractivity contribution in [1.82, 2.24) is 4.67 Å². The summed E-state index contributed by atoms with van der Waals surface area (Å²) in [6, 6.07) is 0. The van der Waals surface area contributed by atoms with Crippen LogP contribution in [0.4, 0.5) is 0 Å². The molecule has 0 aromatic carbocycles. The maximum Gasteiger partial charge on any atom is 0.405 e. The molecule has 1 unspecified atom stereocenters. The van der Waals surface area contributed by atoms with Gasteiger partial charge in [-0.05, 0) is 19.3 Å². The second-order valence-corrected chi connectivity index (χ2v) is 19.6. The maximum absolute atomic E-state index is 13.1. The van der Waals surface area contributed by atoms with E-state index in [0.717, 1.165) is 38.5 Å². The minimum Gasteiger partial charge on any atom is -0.312 e. The van der Waals surface area contributed by atoms with E-state index in [1.54, 1.807) is 4.67 Å². The minimum atomic E-state index is -3.69. The topological polar surface area (TPSA) is 49.8 Å². The largest absolute Gasteiger partial charge is 0.405 e. The van der Waals surface area contributed by atoms with E-state index in [0.29, 0.717) is 19.7 Å². The highest BCUT2D eigenvalue weighted by atomic mass is 31.2. The third-order valence-corrected chi connectivity index (χ3v) is 13.8. The van der Waals surface area contributed by atoms with E-state index in [2.05, 4.69) is 20.8 Å². The number of nitrogens with zero attached hydrogens (tertiary/aromatic N) is 1. The van der Waals surface area contributed by atoms with Crippen LogP contribution in [-0.4, -0.2) is 29.3 Å². The Bertz CT molecular complexity index is 703. The molecule has 0 spiro atoms. The van der Waals surface area contributed by atoms with Crippen LogP contribution in [0.2, 0.25) is 0 Å². The average Bonchev–Trinajstić information content (AvgIpc) is 3.18. The zero-order valence-electron chi connectivity index (χ0n) is 38.4. The molecular formula is C50H104NO3P. The highest BCUT2D eigenvalue weighted by Crippen LogP contribution is 2.47. The molecular weight excluding hydrogens is 694 g/mol. The number of hydrogen-bond donors (Lipinski definition) is 1. The van der Waals surface area contributed by atoms with Crippen LogP contribution in [0.3, 0.4) is 0 Å². The second kappa shape index (κ2) is 46.8. The molecule has 0 aromatic heterocycles. The van der Waals surface area contributed by atoms with E-state index in [9.17, 15) is 9.46 Å². The lowest BCUT2D eigenvalue weighted by molar-refractivity contribution is 0.195. The van der Waals surface area contributed by atoms with Crippen LogP contribution in [0.1, 0.15) is 303 Å². The Morgan fingerprint density at radius 2 is 0.491 bits per heavy atom. The molecule has 0 aliphatic heterocycles. The van der Waals surface area contributed by atoms with E-state index < -0.39 is 7.75 Å². The summed E-state index contributed by atoms with van der Waals surface area (Å²) in [5.74, 6) is 0. The van der Waals surface area contributed by atoms with Crippen LogP contribution >= 0.6 is 7.75 Å². The van der Waals surface area contributed by atoms with Gasteiger partial charge in [0, 0.05) is 13.1 Å². The normalized spacial score (nSPS) is 13.0. The fraction of sp³-hybridized carbons (Fsp3) is 1.00. The van der Waals surface area contributed by atoms with Gasteiger partial charge in [-0.15, -0.1) is 0 Å². The van der Waals surface area contributed by atoms with Crippen molar-refractivity contribution < 1.29 is 14.0 Å². The summed E-state index contributed by atoms with van der Waals surface area (Å²) < 4.78 is 20.5. The first-order chi connectivity index (χ1) is 27.1. The molecule has 0 aromatic rings. The molecule has 5 heteroatoms. The molecule has 332 valence electrons. The molecule has 0 aliphatic rings. The summed E-state index contributed by atoms with van der Waals surface area (Å²) in [7, 11) is -3.69. The monoisotopic (exact) mass is 798 g/mol. The molecule has 0 saturated heterocycles. The molecule has 0 saturated carbocycles. The fourth-order valence-corrected chi connectivity index (χ4v) is 9.55. The number of unbranched alkanes of at least 4 members (excludes halogenated alkanes) is 41. The average molecular weight is 798 g/mol. The Morgan fingerprint density at radius 1 is 0.309 bits per heavy atom. The molecule has 4 nitrogen and oxygen atoms in total. The molecule has 0 amide bonds. The Labute approximate surface area is 348 Å². The van der Waals surface area contributed by atoms with Crippen molar-refractivity contribution in [3.63, 3.8) is 0 Å². The van der Waals surface area contributed by atoms with E-state index in [1.165, 1.54) is 244 Å². The van der Waals surface area contributed by atoms with Gasteiger partial charge < -0.3 is 4.89 Å². The Kier molecular flexibility index (Phi) is 46.9. The predicted octanol–water partition coefficient (Wildman–Crippen LogP) is 18.6. The van der Waals surface area contributed by atoms with Crippen LogP contribution in [-0.2, 0) is 9.09 Å². The molecule has 55 heavy (non-hydrogen) atoms. The van der Waals surface area contributed by atoms with Crippen LogP contribution in [0.15, 0.2) is 0 Å². The van der Waals surface area contributed by atoms with Gasteiger partial charge in [0.25, 0.3) is 0 Å². The van der Waals surface area contributed by atoms with E-state index in [1.807, 2.05) is 0 Å². The first kappa shape index (κ1) is 55.1. The van der Waals surface area contributed by atoms with Crippen molar-refractivity contribution >= 4 is 7.75 Å². The van der Waals surface area contributed by atoms with Gasteiger partial charge in [-0.3, -0.25) is 4.52 Å². The lowest BCUT2D eigenvalue weighted by atomic mass is 10.0. The van der Waals surface area contributed by atoms with Crippen molar-refractivity contribution in [2.75, 3.05) is 19.7 Å². The van der Waals surface area contributed by atoms with Gasteiger partial charge >= 0.3 is 7.75 Å². The fourth-order valence-electron chi connectivity index (χ4n) is 8.23. The summed E-state index contributed by atoms with van der Waals surface area (Å²) in [4.78, 5) is 10.8. The number of rotatable bonds is 49. The molecule has 0 aliphatic carbocycles. The SMILES string of the molecule is CCCCCCCCCCCCCCCCCCCCCCCN(CCCCCCCCCCCCCCCCCCCCCCC)P(=O)(O)OCCCC. The lowest BCUT2D eigenvalue weighted by Crippen LogP contribution is -2.24. The summed E-state index contributed by atoms with van der Waals surface area (Å²) >= 11 is 0. The van der Waals surface area contributed by atoms with E-state index in [4.69, 9.17) is 4.52 Å². The van der Waals surface area contributed by atoms with Crippen molar-refractivity contribution in [3.05, 3.63) is 0 Å². The summed E-state index contributed by atoms with van der Waals surface area (Å²) in [6.07, 6.45) is 59.7. The Hall–Kier alpha value is 0.110. The molecule has 0 radical (unpaired) electrons. The van der Waals surface area contributed by atoms with Gasteiger partial charge in [0.05, 0.1) is 6.61 Å². The maximum atomic E-state index is 13.1. The third-order valence-electron chi connectivity index (χ3n) is 12.2. The van der Waals surface area contributed by atoms with Crippen LogP contribution in [0, 0.1) is 0 Å². The minimum absolute atomic E-state index is 0.388. The van der Waals surface area contributed by atoms with E-state index in [-0.39, 0.29) is 0 Å². The molecule has 0 heterocycles. The van der Waals surface area contributed by atoms with Crippen molar-refractivity contribution in [1.29, 1.82) is 0 Å². The summed E-state index contributed by atoms with van der Waals surface area (Å²) in [6.45, 7) is 8.47. The van der Waals surface area contributed by atoms with E-state index >= 15 is 0 Å². The predicted molar refractivity (Wildman–Crippen MR) is 248 cm³/mol. The van der Waals surface area contributed by atoms with Crippen molar-refractivity contribution in [3.8, 4) is 0 Å². The summed E-state index contributed by atoms with van der Waals surface area (Å²) in [5, 5.41) is 0. The highest BCUT2D eigenvalue weighted by Gasteiger charge is 2.28. The van der Waals surface area contributed by atoms with Gasteiger partial charge in [-0.1, -0.05) is 284 Å². The Morgan fingerprint density at radius 3 is 0.691 bits per heavy atom. The number of hydrogen-bond acceptors (Lipinski definition) is 2. The van der Waals surface area contributed by atoms with Crippen LogP contribution < -0.4 is 0 Å². The Balaban J connectivity index is 3.75. The zero-order chi connectivity index (χ0) is 40.0. The smallest absolute Gasteiger partial charge is 0.312 e. The lowest BCUT2D eigenvalue weighted by Gasteiger charge is -2.26. The van der Waals surface area contributed by atoms with Crippen molar-refractivity contribution in [2.24, 2.45) is 0 Å². The van der Waals surface area contributed by atoms with Gasteiger partial charge in [-0.25, -0.2) is 9.24 Å². The van der Waals surface area contributed by atoms with Gasteiger partial charge in [0.1, 0.15) is 0 Å². The zero-order valence-corrected chi connectivity index (χ0v) is 39.3. The van der Waals surface area contributed by atoms with Crippen LogP contribution in [0.5, 0.6) is 0 Å². The molecule has 0 rings (SSSR count). The highest BCUT2D eigenvalue weighted by molar-refractivity contribution is 7.50. The van der Waals surface area contributed by atoms with Crippen molar-refractivity contribution in [2.45, 2.75) is 303 Å². The molecule has 1 N–H and O–H groups in total. The van der Waals surface area contributed by atoms with Gasteiger partial charge in [0.15, 0.2) is 0 Å². The molecule has 1 atom stereocenters. The third kappa shape index (κ3) is 43.5. The molecule has 0 fully saturated rings.